The third kappa shape index (κ3) is 2.13. The van der Waals surface area contributed by atoms with Crippen LogP contribution >= 0.6 is 11.6 Å². The minimum atomic E-state index is -0.768. The second-order valence-electron chi connectivity index (χ2n) is 6.17. The molecule has 0 bridgehead atoms. The number of carbonyl (C=O) groups is 2. The van der Waals surface area contributed by atoms with Gasteiger partial charge in [0.05, 0.1) is 16.0 Å². The summed E-state index contributed by atoms with van der Waals surface area (Å²) in [6.07, 6.45) is 2.49. The first-order valence-electron chi connectivity index (χ1n) is 7.23. The van der Waals surface area contributed by atoms with Crippen molar-refractivity contribution in [2.24, 2.45) is 11.3 Å². The van der Waals surface area contributed by atoms with E-state index in [1.807, 2.05) is 13.0 Å². The Bertz CT molecular complexity index is 616. The molecule has 0 aromatic heterocycles. The molecule has 1 N–H and O–H groups in total. The lowest BCUT2D eigenvalue weighted by Gasteiger charge is -2.23. The summed E-state index contributed by atoms with van der Waals surface area (Å²) in [5, 5.41) is 10.0. The Balaban J connectivity index is 1.88. The maximum absolute atomic E-state index is 12.7. The van der Waals surface area contributed by atoms with Crippen LogP contribution in [0.3, 0.4) is 0 Å². The van der Waals surface area contributed by atoms with Crippen molar-refractivity contribution >= 4 is 23.5 Å². The Kier molecular flexibility index (Phi) is 3.44. The normalized spacial score (nSPS) is 27.7. The Labute approximate surface area is 128 Å². The van der Waals surface area contributed by atoms with Crippen LogP contribution in [0, 0.1) is 18.3 Å². The van der Waals surface area contributed by atoms with Crippen LogP contribution in [-0.4, -0.2) is 35.0 Å². The molecule has 1 aromatic rings. The number of hydrogen-bond donors (Lipinski definition) is 1. The maximum Gasteiger partial charge on any atom is 0.311 e. The summed E-state index contributed by atoms with van der Waals surface area (Å²) in [5.74, 6) is -0.850. The Hall–Kier alpha value is -1.55. The molecule has 1 aromatic carbocycles. The van der Waals surface area contributed by atoms with Gasteiger partial charge in [-0.25, -0.2) is 0 Å². The van der Waals surface area contributed by atoms with Crippen molar-refractivity contribution in [3.05, 3.63) is 34.3 Å². The van der Waals surface area contributed by atoms with Crippen molar-refractivity contribution in [2.75, 3.05) is 13.1 Å². The van der Waals surface area contributed by atoms with Crippen molar-refractivity contribution in [1.82, 2.24) is 4.90 Å². The SMILES string of the molecule is Cc1cccc(C(=O)N2C[C@@H]3CCC[C@@]3(C(=O)O)C2)c1Cl. The molecule has 1 aliphatic carbocycles. The van der Waals surface area contributed by atoms with Gasteiger partial charge < -0.3 is 10.0 Å². The lowest BCUT2D eigenvalue weighted by molar-refractivity contribution is -0.149. The molecule has 112 valence electrons. The molecule has 1 heterocycles. The molecule has 21 heavy (non-hydrogen) atoms. The van der Waals surface area contributed by atoms with E-state index in [0.29, 0.717) is 30.1 Å². The highest BCUT2D eigenvalue weighted by Gasteiger charge is 2.55. The van der Waals surface area contributed by atoms with E-state index in [0.717, 1.165) is 18.4 Å². The highest BCUT2D eigenvalue weighted by atomic mass is 35.5. The summed E-state index contributed by atoms with van der Waals surface area (Å²) in [5.41, 5.74) is 0.582. The van der Waals surface area contributed by atoms with Crippen LogP contribution in [0.15, 0.2) is 18.2 Å². The standard InChI is InChI=1S/C16H18ClNO3/c1-10-4-2-6-12(13(10)17)14(19)18-8-11-5-3-7-16(11,9-18)15(20)21/h2,4,6,11H,3,5,7-9H2,1H3,(H,20,21)/t11-,16+/m0/s1. The number of amides is 1. The molecule has 1 saturated carbocycles. The van der Waals surface area contributed by atoms with Gasteiger partial charge in [-0.3, -0.25) is 9.59 Å². The number of halogens is 1. The zero-order valence-corrected chi connectivity index (χ0v) is 12.7. The molecule has 0 unspecified atom stereocenters. The van der Waals surface area contributed by atoms with Gasteiger partial charge in [-0.2, -0.15) is 0 Å². The van der Waals surface area contributed by atoms with E-state index in [9.17, 15) is 14.7 Å². The maximum atomic E-state index is 12.7. The van der Waals surface area contributed by atoms with Crippen LogP contribution in [0.25, 0.3) is 0 Å². The fraction of sp³-hybridized carbons (Fsp3) is 0.500. The number of hydrogen-bond acceptors (Lipinski definition) is 2. The average Bonchev–Trinajstić information content (AvgIpc) is 2.98. The molecule has 0 spiro atoms. The van der Waals surface area contributed by atoms with Crippen LogP contribution in [0.4, 0.5) is 0 Å². The lowest BCUT2D eigenvalue weighted by Crippen LogP contribution is -2.37. The first-order valence-corrected chi connectivity index (χ1v) is 7.61. The predicted molar refractivity (Wildman–Crippen MR) is 79.5 cm³/mol. The molecular weight excluding hydrogens is 290 g/mol. The van der Waals surface area contributed by atoms with Gasteiger partial charge in [0.15, 0.2) is 0 Å². The van der Waals surface area contributed by atoms with Crippen LogP contribution in [0.5, 0.6) is 0 Å². The zero-order valence-electron chi connectivity index (χ0n) is 11.9. The van der Waals surface area contributed by atoms with Gasteiger partial charge in [-0.15, -0.1) is 0 Å². The van der Waals surface area contributed by atoms with Crippen LogP contribution in [0.2, 0.25) is 5.02 Å². The van der Waals surface area contributed by atoms with Crippen molar-refractivity contribution < 1.29 is 14.7 Å². The second kappa shape index (κ2) is 5.02. The van der Waals surface area contributed by atoms with Crippen molar-refractivity contribution in [1.29, 1.82) is 0 Å². The number of rotatable bonds is 2. The third-order valence-electron chi connectivity index (χ3n) is 5.01. The number of aryl methyl sites for hydroxylation is 1. The number of fused-ring (bicyclic) bond motifs is 1. The number of likely N-dealkylation sites (tertiary alicyclic amines) is 1. The number of carboxylic acids is 1. The zero-order chi connectivity index (χ0) is 15.2. The summed E-state index contributed by atoms with van der Waals surface area (Å²) in [7, 11) is 0. The van der Waals surface area contributed by atoms with Crippen molar-refractivity contribution in [3.63, 3.8) is 0 Å². The quantitative estimate of drug-likeness (QED) is 0.914. The number of benzene rings is 1. The first-order chi connectivity index (χ1) is 9.95. The molecular formula is C16H18ClNO3. The summed E-state index contributed by atoms with van der Waals surface area (Å²) < 4.78 is 0. The Morgan fingerprint density at radius 3 is 2.86 bits per heavy atom. The molecule has 4 nitrogen and oxygen atoms in total. The molecule has 5 heteroatoms. The van der Waals surface area contributed by atoms with Crippen LogP contribution < -0.4 is 0 Å². The predicted octanol–water partition coefficient (Wildman–Crippen LogP) is 2.98. The van der Waals surface area contributed by atoms with Gasteiger partial charge in [0.2, 0.25) is 0 Å². The second-order valence-corrected chi connectivity index (χ2v) is 6.55. The molecule has 1 aliphatic heterocycles. The molecule has 2 atom stereocenters. The molecule has 3 rings (SSSR count). The Morgan fingerprint density at radius 1 is 1.43 bits per heavy atom. The molecule has 0 radical (unpaired) electrons. The third-order valence-corrected chi connectivity index (χ3v) is 5.51. The lowest BCUT2D eigenvalue weighted by atomic mass is 9.81. The molecule has 1 saturated heterocycles. The van der Waals surface area contributed by atoms with Gasteiger partial charge in [0.1, 0.15) is 0 Å². The van der Waals surface area contributed by atoms with Gasteiger partial charge in [0.25, 0.3) is 5.91 Å². The molecule has 2 fully saturated rings. The van der Waals surface area contributed by atoms with Gasteiger partial charge in [-0.1, -0.05) is 30.2 Å². The van der Waals surface area contributed by atoms with E-state index < -0.39 is 11.4 Å². The van der Waals surface area contributed by atoms with E-state index >= 15 is 0 Å². The van der Waals surface area contributed by atoms with E-state index in [4.69, 9.17) is 11.6 Å². The minimum Gasteiger partial charge on any atom is -0.481 e. The molecule has 1 amide bonds. The van der Waals surface area contributed by atoms with Gasteiger partial charge in [0, 0.05) is 13.1 Å². The first kappa shape index (κ1) is 14.4. The van der Waals surface area contributed by atoms with E-state index in [1.165, 1.54) is 0 Å². The largest absolute Gasteiger partial charge is 0.481 e. The monoisotopic (exact) mass is 307 g/mol. The van der Waals surface area contributed by atoms with Crippen molar-refractivity contribution in [2.45, 2.75) is 26.2 Å². The number of nitrogens with zero attached hydrogens (tertiary/aromatic N) is 1. The van der Waals surface area contributed by atoms with Crippen LogP contribution in [0.1, 0.15) is 35.2 Å². The topological polar surface area (TPSA) is 57.6 Å². The van der Waals surface area contributed by atoms with E-state index in [1.54, 1.807) is 17.0 Å². The minimum absolute atomic E-state index is 0.0718. The van der Waals surface area contributed by atoms with E-state index in [-0.39, 0.29) is 11.8 Å². The number of aliphatic carboxylic acids is 1. The number of carboxylic acid groups (broad SMARTS) is 1. The Morgan fingerprint density at radius 2 is 2.19 bits per heavy atom. The van der Waals surface area contributed by atoms with Gasteiger partial charge >= 0.3 is 5.97 Å². The van der Waals surface area contributed by atoms with Crippen LogP contribution in [-0.2, 0) is 4.79 Å². The smallest absolute Gasteiger partial charge is 0.311 e. The summed E-state index contributed by atoms with van der Waals surface area (Å²) >= 11 is 6.22. The fourth-order valence-corrected chi connectivity index (χ4v) is 3.98. The fourth-order valence-electron chi connectivity index (χ4n) is 3.78. The average molecular weight is 308 g/mol. The van der Waals surface area contributed by atoms with E-state index in [2.05, 4.69) is 0 Å². The van der Waals surface area contributed by atoms with Gasteiger partial charge in [-0.05, 0) is 37.3 Å². The molecule has 2 aliphatic rings. The highest BCUT2D eigenvalue weighted by molar-refractivity contribution is 6.34. The van der Waals surface area contributed by atoms with Crippen molar-refractivity contribution in [3.8, 4) is 0 Å². The number of carbonyl (C=O) groups excluding carboxylic acids is 1. The summed E-state index contributed by atoms with van der Waals surface area (Å²) in [6, 6.07) is 5.37. The highest BCUT2D eigenvalue weighted by Crippen LogP contribution is 2.49. The summed E-state index contributed by atoms with van der Waals surface area (Å²) in [6.45, 7) is 2.68. The summed E-state index contributed by atoms with van der Waals surface area (Å²) in [4.78, 5) is 26.0.